The average Bonchev–Trinajstić information content (AvgIpc) is 2.82. The van der Waals surface area contributed by atoms with Crippen LogP contribution < -0.4 is 0 Å². The highest BCUT2D eigenvalue weighted by Gasteiger charge is 2.51. The van der Waals surface area contributed by atoms with Gasteiger partial charge in [0.25, 0.3) is 0 Å². The number of hydrogen-bond acceptors (Lipinski definition) is 16. The second-order valence-electron chi connectivity index (χ2n) is 8.37. The molecule has 16 nitrogen and oxygen atoms in total. The Morgan fingerprint density at radius 1 is 0.500 bits per heavy atom. The predicted octanol–water partition coefficient (Wildman–Crippen LogP) is -7.57. The summed E-state index contributed by atoms with van der Waals surface area (Å²) < 4.78 is 26.4. The molecule has 0 spiro atoms. The van der Waals surface area contributed by atoms with Crippen LogP contribution in [0.2, 0.25) is 0 Å². The van der Waals surface area contributed by atoms with Gasteiger partial charge >= 0.3 is 0 Å². The van der Waals surface area contributed by atoms with Crippen LogP contribution in [0.3, 0.4) is 0 Å². The number of rotatable bonds is 7. The topological polar surface area (TPSA) is 269 Å². The third-order valence-corrected chi connectivity index (χ3v) is 6.07. The fraction of sp³-hybridized carbons (Fsp3) is 1.00. The molecule has 11 N–H and O–H groups in total. The van der Waals surface area contributed by atoms with Crippen LogP contribution in [0.5, 0.6) is 0 Å². The van der Waals surface area contributed by atoms with Crippen LogP contribution in [0.25, 0.3) is 0 Å². The van der Waals surface area contributed by atoms with Gasteiger partial charge in [-0.3, -0.25) is 0 Å². The maximum Gasteiger partial charge on any atom is 0.187 e. The number of aliphatic hydroxyl groups excluding tert-OH is 11. The van der Waals surface area contributed by atoms with Crippen LogP contribution in [0.4, 0.5) is 0 Å². The Morgan fingerprint density at radius 3 is 1.53 bits per heavy atom. The molecule has 3 fully saturated rings. The van der Waals surface area contributed by atoms with Crippen LogP contribution in [-0.4, -0.2) is 168 Å². The Kier molecular flexibility index (Phi) is 9.54. The average molecular weight is 504 g/mol. The SMILES string of the molecule is OC[C@H]1O[C@@H](OC[C@H]2O[C@@H](O)[C@H](O)[C@@H](O)[C@@H]2O[C@H]2O[C@H](CO)[C@@H](O)[C@H](O)[C@H]2O)[C@H](O)[C@@H](O)[C@@H]1O. The van der Waals surface area contributed by atoms with E-state index in [0.717, 1.165) is 0 Å². The zero-order valence-electron chi connectivity index (χ0n) is 17.7. The highest BCUT2D eigenvalue weighted by atomic mass is 16.7. The van der Waals surface area contributed by atoms with Gasteiger partial charge in [0.1, 0.15) is 73.2 Å². The lowest BCUT2D eigenvalue weighted by molar-refractivity contribution is -0.363. The molecule has 0 radical (unpaired) electrons. The summed E-state index contributed by atoms with van der Waals surface area (Å²) in [6, 6.07) is 0. The summed E-state index contributed by atoms with van der Waals surface area (Å²) in [4.78, 5) is 0. The second-order valence-corrected chi connectivity index (χ2v) is 8.37. The van der Waals surface area contributed by atoms with E-state index in [4.69, 9.17) is 23.7 Å². The van der Waals surface area contributed by atoms with Crippen molar-refractivity contribution >= 4 is 0 Å². The van der Waals surface area contributed by atoms with Gasteiger partial charge in [0.2, 0.25) is 0 Å². The van der Waals surface area contributed by atoms with E-state index in [1.54, 1.807) is 0 Å². The number of aliphatic hydroxyl groups is 11. The maximum atomic E-state index is 10.4. The molecule has 0 amide bonds. The first-order chi connectivity index (χ1) is 16.0. The van der Waals surface area contributed by atoms with Crippen LogP contribution in [0.1, 0.15) is 0 Å². The summed E-state index contributed by atoms with van der Waals surface area (Å²) in [5.41, 5.74) is 0. The van der Waals surface area contributed by atoms with Crippen molar-refractivity contribution in [3.63, 3.8) is 0 Å². The van der Waals surface area contributed by atoms with Gasteiger partial charge < -0.3 is 79.9 Å². The molecule has 200 valence electrons. The first-order valence-corrected chi connectivity index (χ1v) is 10.6. The molecule has 0 aromatic carbocycles. The molecule has 0 aromatic heterocycles. The minimum Gasteiger partial charge on any atom is -0.394 e. The van der Waals surface area contributed by atoms with Gasteiger partial charge in [0, 0.05) is 0 Å². The van der Waals surface area contributed by atoms with Crippen LogP contribution in [0.15, 0.2) is 0 Å². The fourth-order valence-corrected chi connectivity index (χ4v) is 3.95. The minimum atomic E-state index is -1.91. The van der Waals surface area contributed by atoms with Crippen molar-refractivity contribution in [1.82, 2.24) is 0 Å². The van der Waals surface area contributed by atoms with Crippen LogP contribution in [0, 0.1) is 0 Å². The third-order valence-electron chi connectivity index (χ3n) is 6.07. The highest BCUT2D eigenvalue weighted by molar-refractivity contribution is 4.94. The molecular weight excluding hydrogens is 472 g/mol. The van der Waals surface area contributed by atoms with Crippen molar-refractivity contribution < 1.29 is 79.9 Å². The van der Waals surface area contributed by atoms with E-state index in [9.17, 15) is 56.2 Å². The Morgan fingerprint density at radius 2 is 1.00 bits per heavy atom. The highest BCUT2D eigenvalue weighted by Crippen LogP contribution is 2.30. The van der Waals surface area contributed by atoms with Crippen molar-refractivity contribution in [3.8, 4) is 0 Å². The molecule has 34 heavy (non-hydrogen) atoms. The fourth-order valence-electron chi connectivity index (χ4n) is 3.95. The first-order valence-electron chi connectivity index (χ1n) is 10.6. The summed E-state index contributed by atoms with van der Waals surface area (Å²) in [5, 5.41) is 109. The zero-order chi connectivity index (χ0) is 25.3. The standard InChI is InChI=1S/C18H32O16/c19-1-4-7(21)9(23)13(27)17(32-4)30-3-6-15(11(25)12(26)16(29)31-6)34-18-14(28)10(24)8(22)5(2-20)33-18/h4-29H,1-3H2/t4-,5-,6-,7-,8-,9+,10+,11-,12-,13-,14-,15-,16-,17-,18-/m1/s1. The Labute approximate surface area is 192 Å². The first kappa shape index (κ1) is 27.9. The summed E-state index contributed by atoms with van der Waals surface area (Å²) in [6.45, 7) is -2.08. The predicted molar refractivity (Wildman–Crippen MR) is 101 cm³/mol. The molecule has 3 saturated heterocycles. The zero-order valence-corrected chi connectivity index (χ0v) is 17.7. The number of ether oxygens (including phenoxy) is 5. The van der Waals surface area contributed by atoms with Gasteiger partial charge in [-0.1, -0.05) is 0 Å². The van der Waals surface area contributed by atoms with Gasteiger partial charge in [0.15, 0.2) is 18.9 Å². The Bertz CT molecular complexity index is 637. The summed E-state index contributed by atoms with van der Waals surface area (Å²) in [6.07, 6.45) is -25.0. The maximum absolute atomic E-state index is 10.4. The van der Waals surface area contributed by atoms with Crippen molar-refractivity contribution in [2.75, 3.05) is 19.8 Å². The van der Waals surface area contributed by atoms with Gasteiger partial charge in [0.05, 0.1) is 19.8 Å². The molecule has 3 rings (SSSR count). The van der Waals surface area contributed by atoms with Crippen molar-refractivity contribution in [3.05, 3.63) is 0 Å². The molecule has 3 aliphatic rings. The van der Waals surface area contributed by atoms with E-state index in [1.165, 1.54) is 0 Å². The molecular formula is C18H32O16. The lowest BCUT2D eigenvalue weighted by Gasteiger charge is -2.46. The van der Waals surface area contributed by atoms with Crippen LogP contribution >= 0.6 is 0 Å². The lowest BCUT2D eigenvalue weighted by Crippen LogP contribution is -2.65. The normalized spacial score (nSPS) is 52.5. The molecule has 0 unspecified atom stereocenters. The molecule has 0 saturated carbocycles. The quantitative estimate of drug-likeness (QED) is 0.154. The smallest absolute Gasteiger partial charge is 0.187 e. The summed E-state index contributed by atoms with van der Waals surface area (Å²) >= 11 is 0. The Hall–Kier alpha value is -0.640. The second kappa shape index (κ2) is 11.6. The monoisotopic (exact) mass is 504 g/mol. The van der Waals surface area contributed by atoms with Crippen LogP contribution in [-0.2, 0) is 23.7 Å². The summed E-state index contributed by atoms with van der Waals surface area (Å²) in [7, 11) is 0. The van der Waals surface area contributed by atoms with Gasteiger partial charge in [-0.2, -0.15) is 0 Å². The van der Waals surface area contributed by atoms with E-state index < -0.39 is 112 Å². The summed E-state index contributed by atoms with van der Waals surface area (Å²) in [5.74, 6) is 0. The van der Waals surface area contributed by atoms with Gasteiger partial charge in [-0.15, -0.1) is 0 Å². The molecule has 0 aliphatic carbocycles. The molecule has 16 heteroatoms. The Balaban J connectivity index is 1.72. The van der Waals surface area contributed by atoms with E-state index >= 15 is 0 Å². The van der Waals surface area contributed by atoms with Crippen molar-refractivity contribution in [2.45, 2.75) is 92.1 Å². The lowest BCUT2D eigenvalue weighted by atomic mass is 9.97. The molecule has 15 atom stereocenters. The van der Waals surface area contributed by atoms with Crippen molar-refractivity contribution in [1.29, 1.82) is 0 Å². The van der Waals surface area contributed by atoms with E-state index in [1.807, 2.05) is 0 Å². The third kappa shape index (κ3) is 5.52. The van der Waals surface area contributed by atoms with Gasteiger partial charge in [-0.05, 0) is 0 Å². The number of hydrogen-bond donors (Lipinski definition) is 11. The molecule has 0 bridgehead atoms. The van der Waals surface area contributed by atoms with Gasteiger partial charge in [-0.25, -0.2) is 0 Å². The van der Waals surface area contributed by atoms with E-state index in [0.29, 0.717) is 0 Å². The molecule has 0 aromatic rings. The van der Waals surface area contributed by atoms with E-state index in [-0.39, 0.29) is 0 Å². The van der Waals surface area contributed by atoms with Crippen molar-refractivity contribution in [2.24, 2.45) is 0 Å². The molecule has 3 aliphatic heterocycles. The van der Waals surface area contributed by atoms with E-state index in [2.05, 4.69) is 0 Å². The minimum absolute atomic E-state index is 0.619. The molecule has 3 heterocycles. The largest absolute Gasteiger partial charge is 0.394 e.